The van der Waals surface area contributed by atoms with Crippen molar-refractivity contribution >= 4 is 0 Å². The van der Waals surface area contributed by atoms with Crippen LogP contribution in [0.15, 0.2) is 12.3 Å². The van der Waals surface area contributed by atoms with Crippen LogP contribution in [0.4, 0.5) is 0 Å². The Kier molecular flexibility index (Phi) is 11.0. The second-order valence-electron chi connectivity index (χ2n) is 7.75. The molecule has 0 unspecified atom stereocenters. The molecule has 0 aromatic carbocycles. The van der Waals surface area contributed by atoms with Gasteiger partial charge in [0.25, 0.3) is 0 Å². The standard InChI is InChI=1S/C19H39N/c1-17(2)18(3)20-16-14-12-10-8-7-9-11-13-15-19(4,5)6/h17,20H,3,7-16H2,1-2,4-6H3. The van der Waals surface area contributed by atoms with E-state index in [0.717, 1.165) is 6.54 Å². The largest absolute Gasteiger partial charge is 0.389 e. The number of allylic oxidation sites excluding steroid dienone is 1. The molecule has 0 rings (SSSR count). The minimum atomic E-state index is 0.521. The Morgan fingerprint density at radius 3 is 1.75 bits per heavy atom. The van der Waals surface area contributed by atoms with Gasteiger partial charge in [0.05, 0.1) is 0 Å². The first-order valence-corrected chi connectivity index (χ1v) is 8.75. The molecule has 1 N–H and O–H groups in total. The van der Waals surface area contributed by atoms with Crippen LogP contribution in [0.2, 0.25) is 0 Å². The molecule has 0 aliphatic carbocycles. The predicted octanol–water partition coefficient (Wildman–Crippen LogP) is 6.30. The fourth-order valence-corrected chi connectivity index (χ4v) is 2.29. The van der Waals surface area contributed by atoms with Crippen LogP contribution in [0.1, 0.15) is 92.4 Å². The maximum Gasteiger partial charge on any atom is 0.0143 e. The molecule has 120 valence electrons. The summed E-state index contributed by atoms with van der Waals surface area (Å²) >= 11 is 0. The average Bonchev–Trinajstić information content (AvgIpc) is 2.34. The van der Waals surface area contributed by atoms with Gasteiger partial charge in [-0.2, -0.15) is 0 Å². The van der Waals surface area contributed by atoms with E-state index in [1.165, 1.54) is 63.5 Å². The van der Waals surface area contributed by atoms with E-state index in [1.807, 2.05) is 0 Å². The van der Waals surface area contributed by atoms with Crippen LogP contribution in [-0.4, -0.2) is 6.54 Å². The lowest BCUT2D eigenvalue weighted by Gasteiger charge is -2.17. The summed E-state index contributed by atoms with van der Waals surface area (Å²) < 4.78 is 0. The van der Waals surface area contributed by atoms with Gasteiger partial charge >= 0.3 is 0 Å². The molecule has 20 heavy (non-hydrogen) atoms. The lowest BCUT2D eigenvalue weighted by atomic mass is 9.89. The van der Waals surface area contributed by atoms with E-state index < -0.39 is 0 Å². The molecule has 0 fully saturated rings. The van der Waals surface area contributed by atoms with Crippen LogP contribution in [0.3, 0.4) is 0 Å². The molecule has 1 heteroatoms. The van der Waals surface area contributed by atoms with Crippen molar-refractivity contribution in [2.45, 2.75) is 92.4 Å². The maximum atomic E-state index is 4.04. The van der Waals surface area contributed by atoms with Crippen molar-refractivity contribution < 1.29 is 0 Å². The normalized spacial score (nSPS) is 11.9. The molecular weight excluding hydrogens is 242 g/mol. The zero-order valence-corrected chi connectivity index (χ0v) is 14.9. The highest BCUT2D eigenvalue weighted by Gasteiger charge is 2.08. The highest BCUT2D eigenvalue weighted by Crippen LogP contribution is 2.22. The van der Waals surface area contributed by atoms with Crippen molar-refractivity contribution in [3.63, 3.8) is 0 Å². The van der Waals surface area contributed by atoms with Gasteiger partial charge in [0.15, 0.2) is 0 Å². The molecule has 0 saturated carbocycles. The SMILES string of the molecule is C=C(NCCCCCCCCCCC(C)(C)C)C(C)C. The third-order valence-electron chi connectivity index (χ3n) is 3.90. The molecular formula is C19H39N. The molecule has 0 aliphatic heterocycles. The van der Waals surface area contributed by atoms with Crippen molar-refractivity contribution in [1.29, 1.82) is 0 Å². The van der Waals surface area contributed by atoms with E-state index in [0.29, 0.717) is 11.3 Å². The third kappa shape index (κ3) is 14.0. The highest BCUT2D eigenvalue weighted by atomic mass is 14.9. The topological polar surface area (TPSA) is 12.0 Å². The number of unbranched alkanes of at least 4 members (excludes halogenated alkanes) is 7. The van der Waals surface area contributed by atoms with E-state index in [9.17, 15) is 0 Å². The number of rotatable bonds is 12. The summed E-state index contributed by atoms with van der Waals surface area (Å²) in [5.41, 5.74) is 1.70. The second kappa shape index (κ2) is 11.2. The van der Waals surface area contributed by atoms with Gasteiger partial charge in [-0.15, -0.1) is 0 Å². The zero-order chi connectivity index (χ0) is 15.4. The molecule has 0 bridgehead atoms. The first kappa shape index (κ1) is 19.5. The molecule has 0 heterocycles. The van der Waals surface area contributed by atoms with Crippen LogP contribution in [-0.2, 0) is 0 Å². The van der Waals surface area contributed by atoms with Gasteiger partial charge in [-0.05, 0) is 24.2 Å². The van der Waals surface area contributed by atoms with Crippen LogP contribution < -0.4 is 5.32 Å². The van der Waals surface area contributed by atoms with Crippen molar-refractivity contribution in [3.05, 3.63) is 12.3 Å². The quantitative estimate of drug-likeness (QED) is 0.414. The van der Waals surface area contributed by atoms with E-state index in [-0.39, 0.29) is 0 Å². The number of hydrogen-bond donors (Lipinski definition) is 1. The van der Waals surface area contributed by atoms with Crippen molar-refractivity contribution in [1.82, 2.24) is 5.32 Å². The van der Waals surface area contributed by atoms with Crippen molar-refractivity contribution in [2.24, 2.45) is 11.3 Å². The van der Waals surface area contributed by atoms with Crippen molar-refractivity contribution in [3.8, 4) is 0 Å². The van der Waals surface area contributed by atoms with Gasteiger partial charge in [0.2, 0.25) is 0 Å². The van der Waals surface area contributed by atoms with E-state index in [2.05, 4.69) is 46.5 Å². The maximum absolute atomic E-state index is 4.04. The minimum absolute atomic E-state index is 0.521. The summed E-state index contributed by atoms with van der Waals surface area (Å²) in [5, 5.41) is 3.42. The van der Waals surface area contributed by atoms with E-state index >= 15 is 0 Å². The first-order valence-electron chi connectivity index (χ1n) is 8.75. The second-order valence-corrected chi connectivity index (χ2v) is 7.75. The lowest BCUT2D eigenvalue weighted by molar-refractivity contribution is 0.356. The van der Waals surface area contributed by atoms with E-state index in [4.69, 9.17) is 0 Å². The molecule has 0 amide bonds. The monoisotopic (exact) mass is 281 g/mol. The fraction of sp³-hybridized carbons (Fsp3) is 0.895. The van der Waals surface area contributed by atoms with Gasteiger partial charge in [-0.3, -0.25) is 0 Å². The summed E-state index contributed by atoms with van der Waals surface area (Å²) in [5.74, 6) is 0.558. The minimum Gasteiger partial charge on any atom is -0.389 e. The summed E-state index contributed by atoms with van der Waals surface area (Å²) in [4.78, 5) is 0. The van der Waals surface area contributed by atoms with Crippen LogP contribution >= 0.6 is 0 Å². The van der Waals surface area contributed by atoms with E-state index in [1.54, 1.807) is 0 Å². The highest BCUT2D eigenvalue weighted by molar-refractivity contribution is 4.93. The van der Waals surface area contributed by atoms with Gasteiger partial charge in [0, 0.05) is 12.2 Å². The average molecular weight is 282 g/mol. The van der Waals surface area contributed by atoms with Gasteiger partial charge in [-0.25, -0.2) is 0 Å². The van der Waals surface area contributed by atoms with Crippen LogP contribution in [0, 0.1) is 11.3 Å². The molecule has 0 spiro atoms. The smallest absolute Gasteiger partial charge is 0.0143 e. The Hall–Kier alpha value is -0.460. The number of hydrogen-bond acceptors (Lipinski definition) is 1. The van der Waals surface area contributed by atoms with Gasteiger partial charge in [0.1, 0.15) is 0 Å². The molecule has 0 radical (unpaired) electrons. The Balaban J connectivity index is 3.16. The molecule has 0 saturated heterocycles. The molecule has 0 aliphatic rings. The first-order chi connectivity index (χ1) is 9.33. The van der Waals surface area contributed by atoms with Gasteiger partial charge < -0.3 is 5.32 Å². The lowest BCUT2D eigenvalue weighted by Crippen LogP contribution is -2.17. The molecule has 1 nitrogen and oxygen atoms in total. The number of nitrogens with one attached hydrogen (secondary N) is 1. The Labute approximate surface area is 128 Å². The van der Waals surface area contributed by atoms with Gasteiger partial charge in [-0.1, -0.05) is 86.1 Å². The predicted molar refractivity (Wildman–Crippen MR) is 93.0 cm³/mol. The summed E-state index contributed by atoms with van der Waals surface area (Å²) in [7, 11) is 0. The van der Waals surface area contributed by atoms with Crippen molar-refractivity contribution in [2.75, 3.05) is 6.54 Å². The summed E-state index contributed by atoms with van der Waals surface area (Å²) in [6.45, 7) is 16.5. The Bertz CT molecular complexity index is 235. The van der Waals surface area contributed by atoms with Crippen LogP contribution in [0.25, 0.3) is 0 Å². The van der Waals surface area contributed by atoms with Crippen LogP contribution in [0.5, 0.6) is 0 Å². The molecule has 0 aromatic heterocycles. The third-order valence-corrected chi connectivity index (χ3v) is 3.90. The Morgan fingerprint density at radius 2 is 1.30 bits per heavy atom. The summed E-state index contributed by atoms with van der Waals surface area (Å²) in [6, 6.07) is 0. The Morgan fingerprint density at radius 1 is 0.850 bits per heavy atom. The molecule has 0 aromatic rings. The fourth-order valence-electron chi connectivity index (χ4n) is 2.29. The zero-order valence-electron chi connectivity index (χ0n) is 14.9. The summed E-state index contributed by atoms with van der Waals surface area (Å²) in [6.07, 6.45) is 12.5. The molecule has 0 atom stereocenters.